The number of nitrogens with one attached hydrogen (secondary N) is 1. The molecule has 0 saturated heterocycles. The Morgan fingerprint density at radius 2 is 1.62 bits per heavy atom. The SMILES string of the molecule is Cc1ccc(C)c(NCc2cc(Br)c(OCc3ccc([N+](=O)[O-])cc3)c(Br)c2)c1. The number of nitro benzene ring substituents is 1. The van der Waals surface area contributed by atoms with Crippen LogP contribution in [0.5, 0.6) is 5.75 Å². The summed E-state index contributed by atoms with van der Waals surface area (Å²) in [5.74, 6) is 0.693. The third-order valence-electron chi connectivity index (χ3n) is 4.46. The van der Waals surface area contributed by atoms with Crippen molar-refractivity contribution in [2.75, 3.05) is 5.32 Å². The lowest BCUT2D eigenvalue weighted by atomic mass is 10.1. The smallest absolute Gasteiger partial charge is 0.269 e. The van der Waals surface area contributed by atoms with Crippen LogP contribution in [-0.4, -0.2) is 4.92 Å². The number of anilines is 1. The highest BCUT2D eigenvalue weighted by Gasteiger charge is 2.11. The van der Waals surface area contributed by atoms with Crippen LogP contribution in [-0.2, 0) is 13.2 Å². The Kier molecular flexibility index (Phi) is 6.92. The molecule has 0 fully saturated rings. The minimum Gasteiger partial charge on any atom is -0.487 e. The van der Waals surface area contributed by atoms with E-state index in [0.29, 0.717) is 18.9 Å². The van der Waals surface area contributed by atoms with Gasteiger partial charge >= 0.3 is 0 Å². The van der Waals surface area contributed by atoms with Crippen molar-refractivity contribution in [2.24, 2.45) is 0 Å². The number of nitrogens with zero attached hydrogens (tertiary/aromatic N) is 1. The monoisotopic (exact) mass is 518 g/mol. The van der Waals surface area contributed by atoms with Crippen LogP contribution in [0.1, 0.15) is 22.3 Å². The average molecular weight is 520 g/mol. The molecule has 0 aliphatic heterocycles. The van der Waals surface area contributed by atoms with E-state index in [9.17, 15) is 10.1 Å². The summed E-state index contributed by atoms with van der Waals surface area (Å²) in [6.45, 7) is 5.16. The van der Waals surface area contributed by atoms with Crippen LogP contribution in [0, 0.1) is 24.0 Å². The topological polar surface area (TPSA) is 64.4 Å². The number of hydrogen-bond acceptors (Lipinski definition) is 4. The van der Waals surface area contributed by atoms with Crippen molar-refractivity contribution >= 4 is 43.2 Å². The number of ether oxygens (including phenoxy) is 1. The Morgan fingerprint density at radius 1 is 0.966 bits per heavy atom. The van der Waals surface area contributed by atoms with E-state index in [2.05, 4.69) is 69.2 Å². The van der Waals surface area contributed by atoms with Crippen LogP contribution in [0.2, 0.25) is 0 Å². The normalized spacial score (nSPS) is 10.6. The maximum absolute atomic E-state index is 10.7. The van der Waals surface area contributed by atoms with Crippen molar-refractivity contribution in [1.29, 1.82) is 0 Å². The van der Waals surface area contributed by atoms with E-state index in [1.165, 1.54) is 23.3 Å². The van der Waals surface area contributed by atoms with Gasteiger partial charge in [0.25, 0.3) is 5.69 Å². The molecule has 0 aromatic heterocycles. The van der Waals surface area contributed by atoms with Gasteiger partial charge in [-0.15, -0.1) is 0 Å². The maximum Gasteiger partial charge on any atom is 0.269 e. The first kappa shape index (κ1) is 21.3. The minimum atomic E-state index is -0.414. The van der Waals surface area contributed by atoms with Crippen LogP contribution in [0.4, 0.5) is 11.4 Å². The summed E-state index contributed by atoms with van der Waals surface area (Å²) < 4.78 is 7.60. The predicted molar refractivity (Wildman–Crippen MR) is 123 cm³/mol. The lowest BCUT2D eigenvalue weighted by Gasteiger charge is -2.14. The molecule has 0 bridgehead atoms. The molecule has 3 aromatic carbocycles. The van der Waals surface area contributed by atoms with Gasteiger partial charge in [0.2, 0.25) is 0 Å². The van der Waals surface area contributed by atoms with Crippen molar-refractivity contribution in [3.8, 4) is 5.75 Å². The van der Waals surface area contributed by atoms with E-state index >= 15 is 0 Å². The number of aryl methyl sites for hydroxylation is 2. The summed E-state index contributed by atoms with van der Waals surface area (Å²) in [7, 11) is 0. The highest BCUT2D eigenvalue weighted by Crippen LogP contribution is 2.35. The molecule has 0 saturated carbocycles. The lowest BCUT2D eigenvalue weighted by Crippen LogP contribution is -2.03. The zero-order valence-electron chi connectivity index (χ0n) is 16.0. The molecule has 0 aliphatic carbocycles. The Morgan fingerprint density at radius 3 is 2.24 bits per heavy atom. The van der Waals surface area contributed by atoms with E-state index in [1.54, 1.807) is 12.1 Å². The second-order valence-corrected chi connectivity index (χ2v) is 8.48. The van der Waals surface area contributed by atoms with Crippen LogP contribution in [0.3, 0.4) is 0 Å². The molecular weight excluding hydrogens is 500 g/mol. The van der Waals surface area contributed by atoms with Gasteiger partial charge < -0.3 is 10.1 Å². The van der Waals surface area contributed by atoms with Gasteiger partial charge in [0.15, 0.2) is 0 Å². The van der Waals surface area contributed by atoms with Crippen LogP contribution < -0.4 is 10.1 Å². The highest BCUT2D eigenvalue weighted by molar-refractivity contribution is 9.11. The molecule has 0 unspecified atom stereocenters. The van der Waals surface area contributed by atoms with Crippen LogP contribution in [0.25, 0.3) is 0 Å². The van der Waals surface area contributed by atoms with Gasteiger partial charge in [-0.2, -0.15) is 0 Å². The summed E-state index contributed by atoms with van der Waals surface area (Å²) in [5.41, 5.74) is 5.57. The molecule has 0 radical (unpaired) electrons. The first-order chi connectivity index (χ1) is 13.8. The number of non-ortho nitro benzene ring substituents is 1. The first-order valence-corrected chi connectivity index (χ1v) is 10.6. The summed E-state index contributed by atoms with van der Waals surface area (Å²) >= 11 is 7.16. The highest BCUT2D eigenvalue weighted by atomic mass is 79.9. The van der Waals surface area contributed by atoms with Gasteiger partial charge in [0, 0.05) is 24.4 Å². The van der Waals surface area contributed by atoms with E-state index in [4.69, 9.17) is 4.74 Å². The molecule has 0 amide bonds. The number of benzene rings is 3. The van der Waals surface area contributed by atoms with E-state index < -0.39 is 4.92 Å². The fraction of sp³-hybridized carbons (Fsp3) is 0.182. The van der Waals surface area contributed by atoms with E-state index in [0.717, 1.165) is 25.8 Å². The minimum absolute atomic E-state index is 0.0665. The molecule has 5 nitrogen and oxygen atoms in total. The van der Waals surface area contributed by atoms with Crippen molar-refractivity contribution in [2.45, 2.75) is 27.0 Å². The fourth-order valence-electron chi connectivity index (χ4n) is 2.85. The molecule has 3 aromatic rings. The molecule has 29 heavy (non-hydrogen) atoms. The van der Waals surface area contributed by atoms with Crippen molar-refractivity contribution in [3.05, 3.63) is 95.9 Å². The molecular formula is C22H20Br2N2O3. The Bertz CT molecular complexity index is 1010. The second kappa shape index (κ2) is 9.41. The second-order valence-electron chi connectivity index (χ2n) is 6.77. The van der Waals surface area contributed by atoms with Crippen molar-refractivity contribution < 1.29 is 9.66 Å². The van der Waals surface area contributed by atoms with Crippen LogP contribution in [0.15, 0.2) is 63.5 Å². The third kappa shape index (κ3) is 5.58. The van der Waals surface area contributed by atoms with Crippen molar-refractivity contribution in [3.63, 3.8) is 0 Å². The van der Waals surface area contributed by atoms with Gasteiger partial charge in [-0.1, -0.05) is 12.1 Å². The van der Waals surface area contributed by atoms with Crippen molar-refractivity contribution in [1.82, 2.24) is 0 Å². The molecule has 3 rings (SSSR count). The van der Waals surface area contributed by atoms with Gasteiger partial charge in [0.1, 0.15) is 12.4 Å². The number of rotatable bonds is 7. The summed E-state index contributed by atoms with van der Waals surface area (Å²) in [4.78, 5) is 10.3. The van der Waals surface area contributed by atoms with Gasteiger partial charge in [-0.3, -0.25) is 10.1 Å². The molecule has 1 N–H and O–H groups in total. The predicted octanol–water partition coefficient (Wildman–Crippen LogP) is 6.93. The largest absolute Gasteiger partial charge is 0.487 e. The standard InChI is InChI=1S/C22H20Br2N2O3/c1-14-3-4-15(2)21(9-14)25-12-17-10-19(23)22(20(24)11-17)29-13-16-5-7-18(8-6-16)26(27)28/h3-11,25H,12-13H2,1-2H3. The number of nitro groups is 1. The zero-order chi connectivity index (χ0) is 21.0. The molecule has 7 heteroatoms. The zero-order valence-corrected chi connectivity index (χ0v) is 19.2. The number of hydrogen-bond donors (Lipinski definition) is 1. The Balaban J connectivity index is 1.67. The third-order valence-corrected chi connectivity index (χ3v) is 5.64. The molecule has 0 spiro atoms. The van der Waals surface area contributed by atoms with E-state index in [1.807, 2.05) is 12.1 Å². The van der Waals surface area contributed by atoms with E-state index in [-0.39, 0.29) is 5.69 Å². The lowest BCUT2D eigenvalue weighted by molar-refractivity contribution is -0.384. The first-order valence-electron chi connectivity index (χ1n) is 8.98. The maximum atomic E-state index is 10.7. The number of halogens is 2. The molecule has 0 heterocycles. The summed E-state index contributed by atoms with van der Waals surface area (Å²) in [6.07, 6.45) is 0. The Labute approximate surface area is 186 Å². The van der Waals surface area contributed by atoms with Crippen LogP contribution >= 0.6 is 31.9 Å². The quantitative estimate of drug-likeness (QED) is 0.271. The average Bonchev–Trinajstić information content (AvgIpc) is 2.68. The summed E-state index contributed by atoms with van der Waals surface area (Å²) in [6, 6.07) is 16.7. The van der Waals surface area contributed by atoms with Gasteiger partial charge in [-0.05, 0) is 98.3 Å². The molecule has 0 aliphatic rings. The fourth-order valence-corrected chi connectivity index (χ4v) is 4.36. The molecule has 150 valence electrons. The van der Waals surface area contributed by atoms with Gasteiger partial charge in [-0.25, -0.2) is 0 Å². The molecule has 0 atom stereocenters. The Hall–Kier alpha value is -2.38. The van der Waals surface area contributed by atoms with Gasteiger partial charge in [0.05, 0.1) is 13.9 Å². The summed E-state index contributed by atoms with van der Waals surface area (Å²) in [5, 5.41) is 14.2.